The lowest BCUT2D eigenvalue weighted by atomic mass is 10.2. The second kappa shape index (κ2) is 8.44. The number of benzene rings is 1. The summed E-state index contributed by atoms with van der Waals surface area (Å²) in [6.07, 6.45) is 1.79. The summed E-state index contributed by atoms with van der Waals surface area (Å²) >= 11 is 0. The third-order valence-electron chi connectivity index (χ3n) is 4.28. The molecule has 2 aromatic rings. The molecule has 0 bridgehead atoms. The van der Waals surface area contributed by atoms with Crippen LogP contribution in [0.2, 0.25) is 0 Å². The Labute approximate surface area is 152 Å². The highest BCUT2D eigenvalue weighted by atomic mass is 16.5. The van der Waals surface area contributed by atoms with E-state index in [1.165, 1.54) is 7.11 Å². The van der Waals surface area contributed by atoms with E-state index in [0.717, 1.165) is 32.0 Å². The molecular weight excluding hydrogens is 332 g/mol. The van der Waals surface area contributed by atoms with Crippen LogP contribution in [-0.4, -0.2) is 61.6 Å². The van der Waals surface area contributed by atoms with Gasteiger partial charge in [-0.05, 0) is 30.3 Å². The van der Waals surface area contributed by atoms with Crippen molar-refractivity contribution in [1.29, 1.82) is 0 Å². The molecule has 2 heterocycles. The number of piperazine rings is 1. The molecule has 7 heteroatoms. The van der Waals surface area contributed by atoms with E-state index < -0.39 is 5.97 Å². The van der Waals surface area contributed by atoms with Gasteiger partial charge >= 0.3 is 5.97 Å². The fourth-order valence-corrected chi connectivity index (χ4v) is 2.92. The van der Waals surface area contributed by atoms with Gasteiger partial charge in [0, 0.05) is 38.1 Å². The maximum Gasteiger partial charge on any atom is 0.337 e. The van der Waals surface area contributed by atoms with Gasteiger partial charge in [-0.1, -0.05) is 12.1 Å². The van der Waals surface area contributed by atoms with E-state index >= 15 is 0 Å². The Morgan fingerprint density at radius 1 is 1.12 bits per heavy atom. The third kappa shape index (κ3) is 4.58. The molecule has 136 valence electrons. The zero-order chi connectivity index (χ0) is 18.4. The monoisotopic (exact) mass is 354 g/mol. The number of methoxy groups -OCH3 is 1. The number of amides is 1. The summed E-state index contributed by atoms with van der Waals surface area (Å²) in [6, 6.07) is 12.6. The lowest BCUT2D eigenvalue weighted by molar-refractivity contribution is -0.117. The van der Waals surface area contributed by atoms with Gasteiger partial charge in [-0.15, -0.1) is 0 Å². The average molecular weight is 354 g/mol. The molecule has 3 rings (SSSR count). The summed E-state index contributed by atoms with van der Waals surface area (Å²) in [5, 5.41) is 2.84. The smallest absolute Gasteiger partial charge is 0.337 e. The lowest BCUT2D eigenvalue weighted by Crippen LogP contribution is -2.48. The molecule has 0 saturated carbocycles. The first-order chi connectivity index (χ1) is 12.7. The van der Waals surface area contributed by atoms with Crippen LogP contribution >= 0.6 is 0 Å². The van der Waals surface area contributed by atoms with Crippen LogP contribution < -0.4 is 10.2 Å². The molecule has 1 aliphatic rings. The number of esters is 1. The van der Waals surface area contributed by atoms with Crippen LogP contribution in [0.3, 0.4) is 0 Å². The van der Waals surface area contributed by atoms with Crippen molar-refractivity contribution in [2.75, 3.05) is 50.1 Å². The van der Waals surface area contributed by atoms with Crippen LogP contribution in [0.5, 0.6) is 0 Å². The fourth-order valence-electron chi connectivity index (χ4n) is 2.92. The number of nitrogens with one attached hydrogen (secondary N) is 1. The molecule has 0 unspecified atom stereocenters. The molecule has 26 heavy (non-hydrogen) atoms. The Morgan fingerprint density at radius 3 is 2.62 bits per heavy atom. The molecule has 7 nitrogen and oxygen atoms in total. The Hall–Kier alpha value is -2.93. The van der Waals surface area contributed by atoms with E-state index in [2.05, 4.69) is 20.1 Å². The number of pyridine rings is 1. The Kier molecular flexibility index (Phi) is 5.80. The van der Waals surface area contributed by atoms with Gasteiger partial charge < -0.3 is 15.0 Å². The maximum absolute atomic E-state index is 12.3. The van der Waals surface area contributed by atoms with E-state index in [0.29, 0.717) is 17.8 Å². The number of nitrogens with zero attached hydrogens (tertiary/aromatic N) is 3. The van der Waals surface area contributed by atoms with Gasteiger partial charge in [-0.2, -0.15) is 0 Å². The summed E-state index contributed by atoms with van der Waals surface area (Å²) in [5.41, 5.74) is 0.999. The fraction of sp³-hybridized carbons (Fsp3) is 0.316. The van der Waals surface area contributed by atoms with Crippen LogP contribution in [-0.2, 0) is 9.53 Å². The molecule has 1 aromatic carbocycles. The first-order valence-electron chi connectivity index (χ1n) is 8.52. The number of aromatic nitrogens is 1. The second-order valence-corrected chi connectivity index (χ2v) is 6.07. The van der Waals surface area contributed by atoms with Crippen molar-refractivity contribution in [3.8, 4) is 0 Å². The van der Waals surface area contributed by atoms with Crippen molar-refractivity contribution in [2.45, 2.75) is 0 Å². The van der Waals surface area contributed by atoms with Gasteiger partial charge in [0.1, 0.15) is 5.82 Å². The molecular formula is C19H22N4O3. The van der Waals surface area contributed by atoms with Crippen molar-refractivity contribution in [2.24, 2.45) is 0 Å². The van der Waals surface area contributed by atoms with Crippen molar-refractivity contribution in [3.63, 3.8) is 0 Å². The van der Waals surface area contributed by atoms with Crippen LogP contribution in [0.15, 0.2) is 48.7 Å². The summed E-state index contributed by atoms with van der Waals surface area (Å²) in [7, 11) is 1.33. The maximum atomic E-state index is 12.3. The van der Waals surface area contributed by atoms with Crippen LogP contribution in [0.1, 0.15) is 10.4 Å². The Balaban J connectivity index is 1.50. The molecule has 0 spiro atoms. The normalized spacial score (nSPS) is 14.7. The van der Waals surface area contributed by atoms with Gasteiger partial charge in [-0.25, -0.2) is 9.78 Å². The quantitative estimate of drug-likeness (QED) is 0.823. The highest BCUT2D eigenvalue weighted by molar-refractivity contribution is 5.95. The van der Waals surface area contributed by atoms with Crippen molar-refractivity contribution >= 4 is 23.4 Å². The number of hydrogen-bond acceptors (Lipinski definition) is 6. The Morgan fingerprint density at radius 2 is 1.92 bits per heavy atom. The van der Waals surface area contributed by atoms with Gasteiger partial charge in [0.25, 0.3) is 0 Å². The van der Waals surface area contributed by atoms with Crippen LogP contribution in [0, 0.1) is 0 Å². The van der Waals surface area contributed by atoms with Crippen molar-refractivity contribution < 1.29 is 14.3 Å². The number of carbonyl (C=O) groups is 2. The standard InChI is InChI=1S/C19H22N4O3/c1-26-19(25)15-5-4-6-16(13-15)21-18(24)14-22-9-11-23(12-10-22)17-7-2-3-8-20-17/h2-8,13H,9-12,14H2,1H3,(H,21,24). The summed E-state index contributed by atoms with van der Waals surface area (Å²) in [4.78, 5) is 32.5. The van der Waals surface area contributed by atoms with Gasteiger partial charge in [0.15, 0.2) is 0 Å². The molecule has 1 amide bonds. The first kappa shape index (κ1) is 17.9. The van der Waals surface area contributed by atoms with E-state index in [1.807, 2.05) is 18.2 Å². The van der Waals surface area contributed by atoms with Crippen LogP contribution in [0.25, 0.3) is 0 Å². The average Bonchev–Trinajstić information content (AvgIpc) is 2.68. The summed E-state index contributed by atoms with van der Waals surface area (Å²) < 4.78 is 4.69. The number of hydrogen-bond donors (Lipinski definition) is 1. The van der Waals surface area contributed by atoms with Crippen molar-refractivity contribution in [1.82, 2.24) is 9.88 Å². The molecule has 1 saturated heterocycles. The number of ether oxygens (including phenoxy) is 1. The summed E-state index contributed by atoms with van der Waals surface area (Å²) in [6.45, 7) is 3.58. The number of carbonyl (C=O) groups excluding carboxylic acids is 2. The SMILES string of the molecule is COC(=O)c1cccc(NC(=O)CN2CCN(c3ccccn3)CC2)c1. The summed E-state index contributed by atoms with van der Waals surface area (Å²) in [5.74, 6) is 0.446. The minimum atomic E-state index is -0.424. The molecule has 0 aliphatic carbocycles. The predicted molar refractivity (Wildman–Crippen MR) is 99.3 cm³/mol. The molecule has 1 N–H and O–H groups in total. The third-order valence-corrected chi connectivity index (χ3v) is 4.28. The second-order valence-electron chi connectivity index (χ2n) is 6.07. The predicted octanol–water partition coefficient (Wildman–Crippen LogP) is 1.63. The highest BCUT2D eigenvalue weighted by Gasteiger charge is 2.19. The molecule has 1 aliphatic heterocycles. The van der Waals surface area contributed by atoms with E-state index in [-0.39, 0.29) is 5.91 Å². The Bertz CT molecular complexity index is 758. The van der Waals surface area contributed by atoms with Crippen LogP contribution in [0.4, 0.5) is 11.5 Å². The molecule has 0 atom stereocenters. The zero-order valence-corrected chi connectivity index (χ0v) is 14.7. The van der Waals surface area contributed by atoms with Gasteiger partial charge in [0.05, 0.1) is 19.2 Å². The first-order valence-corrected chi connectivity index (χ1v) is 8.52. The van der Waals surface area contributed by atoms with Gasteiger partial charge in [-0.3, -0.25) is 9.69 Å². The molecule has 1 fully saturated rings. The largest absolute Gasteiger partial charge is 0.465 e. The van der Waals surface area contributed by atoms with Crippen molar-refractivity contribution in [3.05, 3.63) is 54.2 Å². The lowest BCUT2D eigenvalue weighted by Gasteiger charge is -2.34. The number of rotatable bonds is 5. The minimum Gasteiger partial charge on any atom is -0.465 e. The van der Waals surface area contributed by atoms with E-state index in [4.69, 9.17) is 4.74 Å². The minimum absolute atomic E-state index is 0.0988. The highest BCUT2D eigenvalue weighted by Crippen LogP contribution is 2.14. The van der Waals surface area contributed by atoms with E-state index in [1.54, 1.807) is 30.5 Å². The molecule has 1 aromatic heterocycles. The molecule has 0 radical (unpaired) electrons. The zero-order valence-electron chi connectivity index (χ0n) is 14.7. The number of anilines is 2. The van der Waals surface area contributed by atoms with Gasteiger partial charge in [0.2, 0.25) is 5.91 Å². The topological polar surface area (TPSA) is 74.8 Å². The van der Waals surface area contributed by atoms with E-state index in [9.17, 15) is 9.59 Å².